The number of carbonyl (C=O) groups is 2. The largest absolute Gasteiger partial charge is 0.481 e. The topological polar surface area (TPSA) is 60.9 Å². The minimum absolute atomic E-state index is 0.131. The van der Waals surface area contributed by atoms with Crippen molar-refractivity contribution in [2.24, 2.45) is 5.92 Å². The molecule has 2 aliphatic rings. The Hall–Kier alpha value is -1.26. The minimum Gasteiger partial charge on any atom is -0.481 e. The van der Waals surface area contributed by atoms with Gasteiger partial charge in [0, 0.05) is 25.7 Å². The molecule has 1 saturated carbocycles. The summed E-state index contributed by atoms with van der Waals surface area (Å²) in [7, 11) is 0. The third-order valence-electron chi connectivity index (χ3n) is 4.00. The predicted octanol–water partition coefficient (Wildman–Crippen LogP) is 1.39. The molecule has 1 aliphatic carbocycles. The van der Waals surface area contributed by atoms with Crippen LogP contribution in [-0.2, 0) is 4.79 Å². The molecule has 5 nitrogen and oxygen atoms in total. The van der Waals surface area contributed by atoms with E-state index in [2.05, 4.69) is 0 Å². The lowest BCUT2D eigenvalue weighted by Crippen LogP contribution is -2.42. The van der Waals surface area contributed by atoms with E-state index in [1.54, 1.807) is 0 Å². The zero-order valence-electron chi connectivity index (χ0n) is 10.3. The second-order valence-corrected chi connectivity index (χ2v) is 4.90. The Kier molecular flexibility index (Phi) is 3.54. The Morgan fingerprint density at radius 1 is 1.29 bits per heavy atom. The van der Waals surface area contributed by atoms with Gasteiger partial charge in [-0.1, -0.05) is 0 Å². The Morgan fingerprint density at radius 3 is 2.41 bits per heavy atom. The highest BCUT2D eigenvalue weighted by atomic mass is 16.4. The van der Waals surface area contributed by atoms with E-state index < -0.39 is 5.97 Å². The van der Waals surface area contributed by atoms with E-state index in [0.717, 1.165) is 32.5 Å². The fraction of sp³-hybridized carbons (Fsp3) is 0.833. The summed E-state index contributed by atoms with van der Waals surface area (Å²) in [6.45, 7) is 4.37. The number of rotatable bonds is 3. The van der Waals surface area contributed by atoms with Gasteiger partial charge in [0.15, 0.2) is 0 Å². The van der Waals surface area contributed by atoms with Crippen LogP contribution < -0.4 is 0 Å². The van der Waals surface area contributed by atoms with Gasteiger partial charge in [0.25, 0.3) is 0 Å². The molecule has 0 bridgehead atoms. The summed E-state index contributed by atoms with van der Waals surface area (Å²) in [6, 6.07) is 0.390. The van der Waals surface area contributed by atoms with E-state index >= 15 is 0 Å². The molecular weight excluding hydrogens is 220 g/mol. The third-order valence-corrected chi connectivity index (χ3v) is 4.00. The molecule has 0 atom stereocenters. The summed E-state index contributed by atoms with van der Waals surface area (Å²) in [6.07, 6.45) is 3.08. The first kappa shape index (κ1) is 12.2. The molecule has 1 heterocycles. The molecule has 0 spiro atoms. The molecule has 2 amide bonds. The Bertz CT molecular complexity index is 311. The van der Waals surface area contributed by atoms with Crippen molar-refractivity contribution in [1.82, 2.24) is 9.80 Å². The first-order valence-corrected chi connectivity index (χ1v) is 6.41. The lowest BCUT2D eigenvalue weighted by molar-refractivity contribution is -0.143. The highest BCUT2D eigenvalue weighted by Gasteiger charge is 2.36. The number of hydrogen-bond donors (Lipinski definition) is 1. The molecule has 1 aliphatic heterocycles. The number of carboxylic acid groups (broad SMARTS) is 1. The number of nitrogens with zero attached hydrogens (tertiary/aromatic N) is 2. The first-order chi connectivity index (χ1) is 8.13. The summed E-state index contributed by atoms with van der Waals surface area (Å²) in [5, 5.41) is 8.93. The zero-order chi connectivity index (χ0) is 12.4. The molecule has 5 heteroatoms. The smallest absolute Gasteiger partial charge is 0.320 e. The van der Waals surface area contributed by atoms with E-state index in [1.807, 2.05) is 16.7 Å². The molecule has 96 valence electrons. The fourth-order valence-electron chi connectivity index (χ4n) is 2.87. The Morgan fingerprint density at radius 2 is 1.94 bits per heavy atom. The van der Waals surface area contributed by atoms with Gasteiger partial charge in [-0.15, -0.1) is 0 Å². The van der Waals surface area contributed by atoms with Crippen molar-refractivity contribution < 1.29 is 14.7 Å². The van der Waals surface area contributed by atoms with Crippen molar-refractivity contribution in [3.05, 3.63) is 0 Å². The van der Waals surface area contributed by atoms with Crippen molar-refractivity contribution in [2.45, 2.75) is 38.6 Å². The maximum absolute atomic E-state index is 12.0. The summed E-state index contributed by atoms with van der Waals surface area (Å²) in [4.78, 5) is 26.6. The number of likely N-dealkylation sites (N-methyl/N-ethyl adjacent to an activating group) is 1. The van der Waals surface area contributed by atoms with Gasteiger partial charge in [-0.2, -0.15) is 0 Å². The van der Waals surface area contributed by atoms with Crippen molar-refractivity contribution >= 4 is 12.0 Å². The van der Waals surface area contributed by atoms with Crippen LogP contribution in [0, 0.1) is 5.92 Å². The summed E-state index contributed by atoms with van der Waals surface area (Å²) in [5.41, 5.74) is 0. The van der Waals surface area contributed by atoms with Crippen LogP contribution in [0.5, 0.6) is 0 Å². The highest BCUT2D eigenvalue weighted by Crippen LogP contribution is 2.29. The molecular formula is C12H20N2O3. The van der Waals surface area contributed by atoms with E-state index in [0.29, 0.717) is 12.8 Å². The Balaban J connectivity index is 1.89. The number of amides is 2. The molecule has 0 radical (unpaired) electrons. The predicted molar refractivity (Wildman–Crippen MR) is 62.7 cm³/mol. The number of carbonyl (C=O) groups excluding carboxylic acids is 1. The maximum Gasteiger partial charge on any atom is 0.320 e. The summed E-state index contributed by atoms with van der Waals surface area (Å²) in [5.74, 6) is -0.891. The van der Waals surface area contributed by atoms with Gasteiger partial charge in [-0.3, -0.25) is 4.79 Å². The molecule has 1 N–H and O–H groups in total. The zero-order valence-corrected chi connectivity index (χ0v) is 10.3. The average Bonchev–Trinajstić information content (AvgIpc) is 2.70. The number of carboxylic acids is 1. The van der Waals surface area contributed by atoms with E-state index in [-0.39, 0.29) is 18.0 Å². The van der Waals surface area contributed by atoms with E-state index in [4.69, 9.17) is 5.11 Å². The summed E-state index contributed by atoms with van der Waals surface area (Å²) < 4.78 is 0. The van der Waals surface area contributed by atoms with Gasteiger partial charge < -0.3 is 14.9 Å². The van der Waals surface area contributed by atoms with Crippen LogP contribution >= 0.6 is 0 Å². The maximum atomic E-state index is 12.0. The van der Waals surface area contributed by atoms with Gasteiger partial charge in [-0.05, 0) is 32.6 Å². The second-order valence-electron chi connectivity index (χ2n) is 4.90. The van der Waals surface area contributed by atoms with Gasteiger partial charge in [0.05, 0.1) is 5.92 Å². The van der Waals surface area contributed by atoms with Gasteiger partial charge in [0.2, 0.25) is 0 Å². The van der Waals surface area contributed by atoms with Crippen LogP contribution in [-0.4, -0.2) is 52.6 Å². The van der Waals surface area contributed by atoms with Crippen LogP contribution in [0.25, 0.3) is 0 Å². The third kappa shape index (κ3) is 2.37. The highest BCUT2D eigenvalue weighted by molar-refractivity contribution is 5.77. The molecule has 0 aromatic heterocycles. The van der Waals surface area contributed by atoms with Crippen molar-refractivity contribution in [3.63, 3.8) is 0 Å². The lowest BCUT2D eigenvalue weighted by Gasteiger charge is -2.33. The molecule has 0 unspecified atom stereocenters. The normalized spacial score (nSPS) is 29.8. The standard InChI is InChI=1S/C12H20N2O3/c1-2-13-7-8-14(12(13)17)10-5-3-9(4-6-10)11(15)16/h9-10H,2-8H2,1H3,(H,15,16). The van der Waals surface area contributed by atoms with Crippen molar-refractivity contribution in [3.8, 4) is 0 Å². The van der Waals surface area contributed by atoms with Gasteiger partial charge in [-0.25, -0.2) is 4.79 Å². The minimum atomic E-state index is -0.689. The lowest BCUT2D eigenvalue weighted by atomic mass is 9.85. The molecule has 17 heavy (non-hydrogen) atoms. The molecule has 2 fully saturated rings. The van der Waals surface area contributed by atoms with Gasteiger partial charge in [0.1, 0.15) is 0 Å². The van der Waals surface area contributed by atoms with Crippen LogP contribution in [0.15, 0.2) is 0 Å². The fourth-order valence-corrected chi connectivity index (χ4v) is 2.87. The Labute approximate surface area is 101 Å². The van der Waals surface area contributed by atoms with Crippen LogP contribution in [0.4, 0.5) is 4.79 Å². The molecule has 2 rings (SSSR count). The van der Waals surface area contributed by atoms with Crippen LogP contribution in [0.2, 0.25) is 0 Å². The molecule has 0 aromatic rings. The first-order valence-electron chi connectivity index (χ1n) is 6.41. The number of aliphatic carboxylic acids is 1. The van der Waals surface area contributed by atoms with Crippen LogP contribution in [0.3, 0.4) is 0 Å². The number of urea groups is 1. The van der Waals surface area contributed by atoms with Crippen molar-refractivity contribution in [2.75, 3.05) is 19.6 Å². The van der Waals surface area contributed by atoms with Crippen molar-refractivity contribution in [1.29, 1.82) is 0 Å². The number of hydrogen-bond acceptors (Lipinski definition) is 2. The van der Waals surface area contributed by atoms with E-state index in [1.165, 1.54) is 0 Å². The molecule has 0 aromatic carbocycles. The van der Waals surface area contributed by atoms with Gasteiger partial charge >= 0.3 is 12.0 Å². The monoisotopic (exact) mass is 240 g/mol. The van der Waals surface area contributed by atoms with Crippen LogP contribution in [0.1, 0.15) is 32.6 Å². The van der Waals surface area contributed by atoms with E-state index in [9.17, 15) is 9.59 Å². The summed E-state index contributed by atoms with van der Waals surface area (Å²) >= 11 is 0. The average molecular weight is 240 g/mol. The second kappa shape index (κ2) is 4.94. The molecule has 1 saturated heterocycles. The quantitative estimate of drug-likeness (QED) is 0.810. The SMILES string of the molecule is CCN1CCN(C2CCC(C(=O)O)CC2)C1=O.